The quantitative estimate of drug-likeness (QED) is 0.943. The summed E-state index contributed by atoms with van der Waals surface area (Å²) in [6.45, 7) is 5.03. The summed E-state index contributed by atoms with van der Waals surface area (Å²) in [5.74, 6) is 0. The fourth-order valence-corrected chi connectivity index (χ4v) is 3.03. The van der Waals surface area contributed by atoms with Crippen LogP contribution in [0, 0.1) is 18.3 Å². The summed E-state index contributed by atoms with van der Waals surface area (Å²) in [7, 11) is 0. The monoisotopic (exact) mass is 306 g/mol. The molecule has 118 valence electrons. The lowest BCUT2D eigenvalue weighted by atomic mass is 10.0. The molecule has 23 heavy (non-hydrogen) atoms. The third-order valence-corrected chi connectivity index (χ3v) is 4.40. The maximum Gasteiger partial charge on any atom is 0.0991 e. The van der Waals surface area contributed by atoms with Gasteiger partial charge >= 0.3 is 0 Å². The molecule has 0 unspecified atom stereocenters. The molecule has 1 aromatic heterocycles. The largest absolute Gasteiger partial charge is 0.371 e. The zero-order valence-electron chi connectivity index (χ0n) is 13.5. The zero-order chi connectivity index (χ0) is 16.1. The summed E-state index contributed by atoms with van der Waals surface area (Å²) in [4.78, 5) is 6.80. The molecule has 2 aromatic rings. The van der Waals surface area contributed by atoms with E-state index in [-0.39, 0.29) is 0 Å². The van der Waals surface area contributed by atoms with Crippen LogP contribution in [-0.4, -0.2) is 24.1 Å². The Balaban J connectivity index is 1.49. The number of hydrogen-bond donors (Lipinski definition) is 1. The molecule has 0 aliphatic carbocycles. The van der Waals surface area contributed by atoms with Crippen LogP contribution in [0.4, 0.5) is 5.69 Å². The number of anilines is 1. The van der Waals surface area contributed by atoms with Crippen molar-refractivity contribution < 1.29 is 0 Å². The number of hydrogen-bond acceptors (Lipinski definition) is 4. The Kier molecular flexibility index (Phi) is 4.89. The van der Waals surface area contributed by atoms with Crippen molar-refractivity contribution in [3.05, 3.63) is 59.4 Å². The van der Waals surface area contributed by atoms with Crippen LogP contribution in [0.15, 0.2) is 42.6 Å². The summed E-state index contributed by atoms with van der Waals surface area (Å²) in [5, 5.41) is 12.5. The fraction of sp³-hybridized carbons (Fsp3) is 0.368. The second kappa shape index (κ2) is 7.26. The van der Waals surface area contributed by atoms with Crippen LogP contribution in [-0.2, 0) is 6.54 Å². The van der Waals surface area contributed by atoms with Crippen molar-refractivity contribution in [3.63, 3.8) is 0 Å². The fourth-order valence-electron chi connectivity index (χ4n) is 3.03. The molecule has 0 saturated carbocycles. The van der Waals surface area contributed by atoms with Gasteiger partial charge in [-0.1, -0.05) is 0 Å². The first-order chi connectivity index (χ1) is 11.2. The normalized spacial score (nSPS) is 15.4. The van der Waals surface area contributed by atoms with Crippen molar-refractivity contribution in [2.24, 2.45) is 0 Å². The van der Waals surface area contributed by atoms with Crippen LogP contribution < -0.4 is 10.2 Å². The van der Waals surface area contributed by atoms with Gasteiger partial charge in [0.25, 0.3) is 0 Å². The molecule has 4 heteroatoms. The summed E-state index contributed by atoms with van der Waals surface area (Å²) in [5.41, 5.74) is 4.30. The van der Waals surface area contributed by atoms with Crippen LogP contribution >= 0.6 is 0 Å². The lowest BCUT2D eigenvalue weighted by Gasteiger charge is -2.34. The van der Waals surface area contributed by atoms with E-state index in [2.05, 4.69) is 34.3 Å². The van der Waals surface area contributed by atoms with Crippen molar-refractivity contribution in [2.45, 2.75) is 32.4 Å². The molecule has 1 aromatic carbocycles. The number of piperidine rings is 1. The molecule has 1 fully saturated rings. The van der Waals surface area contributed by atoms with Gasteiger partial charge in [0.2, 0.25) is 0 Å². The first-order valence-electron chi connectivity index (χ1n) is 8.14. The third-order valence-electron chi connectivity index (χ3n) is 4.40. The van der Waals surface area contributed by atoms with Crippen molar-refractivity contribution in [1.82, 2.24) is 10.3 Å². The Labute approximate surface area is 137 Å². The van der Waals surface area contributed by atoms with Gasteiger partial charge in [-0.05, 0) is 61.7 Å². The minimum atomic E-state index is 0.548. The van der Waals surface area contributed by atoms with E-state index in [0.717, 1.165) is 43.7 Å². The number of pyridine rings is 1. The molecule has 1 N–H and O–H groups in total. The first-order valence-corrected chi connectivity index (χ1v) is 8.14. The molecule has 1 aliphatic heterocycles. The Morgan fingerprint density at radius 1 is 1.22 bits per heavy atom. The summed E-state index contributed by atoms with van der Waals surface area (Å²) in [6.07, 6.45) is 4.14. The maximum atomic E-state index is 8.87. The van der Waals surface area contributed by atoms with Crippen LogP contribution in [0.3, 0.4) is 0 Å². The van der Waals surface area contributed by atoms with Gasteiger partial charge in [0.1, 0.15) is 0 Å². The van der Waals surface area contributed by atoms with E-state index in [4.69, 9.17) is 5.26 Å². The SMILES string of the molecule is Cc1ccnc(CNC2CCN(c3ccc(C#N)cc3)CC2)c1. The molecule has 0 bridgehead atoms. The van der Waals surface area contributed by atoms with Crippen molar-refractivity contribution in [1.29, 1.82) is 5.26 Å². The molecule has 3 rings (SSSR count). The molecule has 0 spiro atoms. The van der Waals surface area contributed by atoms with Gasteiger partial charge in [-0.15, -0.1) is 0 Å². The van der Waals surface area contributed by atoms with E-state index in [0.29, 0.717) is 6.04 Å². The standard InChI is InChI=1S/C19H22N4/c1-15-6-9-21-18(12-15)14-22-17-7-10-23(11-8-17)19-4-2-16(13-20)3-5-19/h2-6,9,12,17,22H,7-8,10-11,14H2,1H3. The smallest absolute Gasteiger partial charge is 0.0991 e. The van der Waals surface area contributed by atoms with Crippen molar-refractivity contribution in [3.8, 4) is 6.07 Å². The molecule has 0 amide bonds. The molecular formula is C19H22N4. The minimum Gasteiger partial charge on any atom is -0.371 e. The number of nitriles is 1. The van der Waals surface area contributed by atoms with E-state index < -0.39 is 0 Å². The van der Waals surface area contributed by atoms with Crippen LogP contribution in [0.1, 0.15) is 29.7 Å². The maximum absolute atomic E-state index is 8.87. The highest BCUT2D eigenvalue weighted by Gasteiger charge is 2.19. The molecule has 2 heterocycles. The highest BCUT2D eigenvalue weighted by atomic mass is 15.1. The Morgan fingerprint density at radius 2 is 1.96 bits per heavy atom. The second-order valence-corrected chi connectivity index (χ2v) is 6.13. The number of rotatable bonds is 4. The predicted octanol–water partition coefficient (Wildman–Crippen LogP) is 3.02. The van der Waals surface area contributed by atoms with Crippen LogP contribution in [0.25, 0.3) is 0 Å². The highest BCUT2D eigenvalue weighted by molar-refractivity contribution is 5.50. The topological polar surface area (TPSA) is 52.0 Å². The van der Waals surface area contributed by atoms with Crippen LogP contribution in [0.5, 0.6) is 0 Å². The molecule has 0 atom stereocenters. The lowest BCUT2D eigenvalue weighted by Crippen LogP contribution is -2.42. The summed E-state index contributed by atoms with van der Waals surface area (Å²) < 4.78 is 0. The lowest BCUT2D eigenvalue weighted by molar-refractivity contribution is 0.412. The van der Waals surface area contributed by atoms with Gasteiger partial charge in [0.05, 0.1) is 17.3 Å². The molecular weight excluding hydrogens is 284 g/mol. The first kappa shape index (κ1) is 15.5. The van der Waals surface area contributed by atoms with E-state index in [1.54, 1.807) is 0 Å². The summed E-state index contributed by atoms with van der Waals surface area (Å²) in [6, 6.07) is 14.8. The van der Waals surface area contributed by atoms with Crippen LogP contribution in [0.2, 0.25) is 0 Å². The second-order valence-electron chi connectivity index (χ2n) is 6.13. The highest BCUT2D eigenvalue weighted by Crippen LogP contribution is 2.20. The number of benzene rings is 1. The molecule has 1 aliphatic rings. The number of aromatic nitrogens is 1. The number of nitrogens with one attached hydrogen (secondary N) is 1. The van der Waals surface area contributed by atoms with Gasteiger partial charge in [-0.25, -0.2) is 0 Å². The number of aryl methyl sites for hydroxylation is 1. The average Bonchev–Trinajstić information content (AvgIpc) is 2.61. The Hall–Kier alpha value is -2.38. The Morgan fingerprint density at radius 3 is 2.61 bits per heavy atom. The van der Waals surface area contributed by atoms with Gasteiger partial charge in [0, 0.05) is 37.6 Å². The Bertz CT molecular complexity index is 679. The molecule has 4 nitrogen and oxygen atoms in total. The minimum absolute atomic E-state index is 0.548. The third kappa shape index (κ3) is 4.08. The van der Waals surface area contributed by atoms with E-state index in [1.165, 1.54) is 11.3 Å². The van der Waals surface area contributed by atoms with Gasteiger partial charge in [-0.3, -0.25) is 4.98 Å². The summed E-state index contributed by atoms with van der Waals surface area (Å²) >= 11 is 0. The molecule has 1 saturated heterocycles. The molecule has 0 radical (unpaired) electrons. The van der Waals surface area contributed by atoms with Gasteiger partial charge in [0.15, 0.2) is 0 Å². The van der Waals surface area contributed by atoms with E-state index >= 15 is 0 Å². The average molecular weight is 306 g/mol. The van der Waals surface area contributed by atoms with Crippen molar-refractivity contribution >= 4 is 5.69 Å². The predicted molar refractivity (Wildman–Crippen MR) is 92.2 cm³/mol. The van der Waals surface area contributed by atoms with Gasteiger partial charge < -0.3 is 10.2 Å². The zero-order valence-corrected chi connectivity index (χ0v) is 13.5. The van der Waals surface area contributed by atoms with Gasteiger partial charge in [-0.2, -0.15) is 5.26 Å². The van der Waals surface area contributed by atoms with E-state index in [1.807, 2.05) is 36.5 Å². The number of nitrogens with zero attached hydrogens (tertiary/aromatic N) is 3. The van der Waals surface area contributed by atoms with E-state index in [9.17, 15) is 0 Å². The van der Waals surface area contributed by atoms with Crippen molar-refractivity contribution in [2.75, 3.05) is 18.0 Å².